The number of aliphatic imine (C=N–C) groups is 1. The van der Waals surface area contributed by atoms with Gasteiger partial charge in [-0.25, -0.2) is 0 Å². The van der Waals surface area contributed by atoms with Gasteiger partial charge in [-0.2, -0.15) is 0 Å². The minimum absolute atomic E-state index is 0.547. The van der Waals surface area contributed by atoms with Crippen molar-refractivity contribution in [3.05, 3.63) is 0 Å². The molecule has 3 nitrogen and oxygen atoms in total. The summed E-state index contributed by atoms with van der Waals surface area (Å²) in [4.78, 5) is 4.26. The molecule has 0 aliphatic carbocycles. The maximum absolute atomic E-state index is 5.09. The zero-order valence-corrected chi connectivity index (χ0v) is 6.56. The Bertz CT molecular complexity index is 178. The Labute approximate surface area is 67.3 Å². The van der Waals surface area contributed by atoms with E-state index in [1.165, 1.54) is 6.42 Å². The minimum atomic E-state index is 0.547. The van der Waals surface area contributed by atoms with E-state index >= 15 is 0 Å². The number of rotatable bonds is 1. The summed E-state index contributed by atoms with van der Waals surface area (Å²) >= 11 is 0. The fourth-order valence-electron chi connectivity index (χ4n) is 0.944. The monoisotopic (exact) mass is 151 g/mol. The van der Waals surface area contributed by atoms with Crippen molar-refractivity contribution in [1.82, 2.24) is 10.6 Å². The van der Waals surface area contributed by atoms with Crippen molar-refractivity contribution in [2.24, 2.45) is 4.99 Å². The van der Waals surface area contributed by atoms with Crippen LogP contribution in [0.4, 0.5) is 0 Å². The smallest absolute Gasteiger partial charge is 0.192 e. The van der Waals surface area contributed by atoms with Gasteiger partial charge in [0.2, 0.25) is 0 Å². The van der Waals surface area contributed by atoms with Gasteiger partial charge in [0.1, 0.15) is 0 Å². The van der Waals surface area contributed by atoms with E-state index in [9.17, 15) is 0 Å². The lowest BCUT2D eigenvalue weighted by atomic mass is 10.3. The quantitative estimate of drug-likeness (QED) is 0.515. The number of terminal acetylenes is 1. The fraction of sp³-hybridized carbons (Fsp3) is 0.625. The highest BCUT2D eigenvalue weighted by Gasteiger charge is 1.99. The Kier molecular flexibility index (Phi) is 3.33. The molecule has 11 heavy (non-hydrogen) atoms. The molecule has 1 rings (SSSR count). The molecule has 0 saturated carbocycles. The van der Waals surface area contributed by atoms with Gasteiger partial charge in [-0.1, -0.05) is 5.92 Å². The summed E-state index contributed by atoms with van der Waals surface area (Å²) in [5.74, 6) is 3.35. The van der Waals surface area contributed by atoms with Crippen LogP contribution in [0, 0.1) is 12.3 Å². The second-order valence-electron chi connectivity index (χ2n) is 2.42. The van der Waals surface area contributed by atoms with E-state index in [1.54, 1.807) is 0 Å². The van der Waals surface area contributed by atoms with Gasteiger partial charge < -0.3 is 10.6 Å². The molecule has 0 saturated heterocycles. The molecule has 0 atom stereocenters. The predicted molar refractivity (Wildman–Crippen MR) is 46.4 cm³/mol. The van der Waals surface area contributed by atoms with Crippen LogP contribution in [0.2, 0.25) is 0 Å². The Morgan fingerprint density at radius 2 is 2.55 bits per heavy atom. The SMILES string of the molecule is C#CCNC1=NCCCCN1. The third-order valence-corrected chi connectivity index (χ3v) is 1.51. The number of nitrogens with one attached hydrogen (secondary N) is 2. The van der Waals surface area contributed by atoms with Crippen molar-refractivity contribution in [2.75, 3.05) is 19.6 Å². The third kappa shape index (κ3) is 2.94. The van der Waals surface area contributed by atoms with Crippen LogP contribution in [0.1, 0.15) is 12.8 Å². The zero-order chi connectivity index (χ0) is 7.94. The first-order chi connectivity index (χ1) is 5.43. The second-order valence-corrected chi connectivity index (χ2v) is 2.42. The molecule has 60 valence electrons. The number of nitrogens with zero attached hydrogens (tertiary/aromatic N) is 1. The van der Waals surface area contributed by atoms with Crippen molar-refractivity contribution in [2.45, 2.75) is 12.8 Å². The molecule has 0 fully saturated rings. The van der Waals surface area contributed by atoms with Crippen molar-refractivity contribution in [3.8, 4) is 12.3 Å². The van der Waals surface area contributed by atoms with Crippen molar-refractivity contribution in [1.29, 1.82) is 0 Å². The van der Waals surface area contributed by atoms with Gasteiger partial charge in [0, 0.05) is 13.1 Å². The Morgan fingerprint density at radius 1 is 1.64 bits per heavy atom. The van der Waals surface area contributed by atoms with Crippen LogP contribution in [0.5, 0.6) is 0 Å². The van der Waals surface area contributed by atoms with E-state index in [1.807, 2.05) is 0 Å². The summed E-state index contributed by atoms with van der Waals surface area (Å²) in [6.45, 7) is 2.45. The summed E-state index contributed by atoms with van der Waals surface area (Å²) < 4.78 is 0. The van der Waals surface area contributed by atoms with E-state index in [0.717, 1.165) is 25.5 Å². The van der Waals surface area contributed by atoms with Crippen LogP contribution in [0.15, 0.2) is 4.99 Å². The van der Waals surface area contributed by atoms with E-state index in [4.69, 9.17) is 6.42 Å². The lowest BCUT2D eigenvalue weighted by molar-refractivity contribution is 0.745. The first kappa shape index (κ1) is 7.93. The van der Waals surface area contributed by atoms with Crippen LogP contribution in [0.3, 0.4) is 0 Å². The first-order valence-electron chi connectivity index (χ1n) is 3.89. The van der Waals surface area contributed by atoms with E-state index in [2.05, 4.69) is 21.5 Å². The van der Waals surface area contributed by atoms with Crippen LogP contribution in [0.25, 0.3) is 0 Å². The molecule has 0 aromatic rings. The lowest BCUT2D eigenvalue weighted by Gasteiger charge is -2.05. The Balaban J connectivity index is 2.30. The van der Waals surface area contributed by atoms with E-state index in [-0.39, 0.29) is 0 Å². The van der Waals surface area contributed by atoms with E-state index < -0.39 is 0 Å². The average molecular weight is 151 g/mol. The molecule has 0 spiro atoms. The molecule has 1 aliphatic rings. The van der Waals surface area contributed by atoms with Crippen LogP contribution in [-0.4, -0.2) is 25.6 Å². The van der Waals surface area contributed by atoms with Gasteiger partial charge in [-0.05, 0) is 12.8 Å². The summed E-state index contributed by atoms with van der Waals surface area (Å²) in [6.07, 6.45) is 7.44. The Morgan fingerprint density at radius 3 is 3.36 bits per heavy atom. The molecule has 1 aliphatic heterocycles. The molecule has 0 bridgehead atoms. The number of hydrogen-bond donors (Lipinski definition) is 2. The summed E-state index contributed by atoms with van der Waals surface area (Å²) in [5, 5.41) is 6.17. The highest BCUT2D eigenvalue weighted by Crippen LogP contribution is 1.91. The van der Waals surface area contributed by atoms with Gasteiger partial charge >= 0.3 is 0 Å². The highest BCUT2D eigenvalue weighted by atomic mass is 15.2. The van der Waals surface area contributed by atoms with Gasteiger partial charge in [0.15, 0.2) is 5.96 Å². The summed E-state index contributed by atoms with van der Waals surface area (Å²) in [7, 11) is 0. The molecular formula is C8H13N3. The fourth-order valence-corrected chi connectivity index (χ4v) is 0.944. The topological polar surface area (TPSA) is 36.4 Å². The normalized spacial score (nSPS) is 17.2. The molecule has 0 amide bonds. The Hall–Kier alpha value is -1.17. The van der Waals surface area contributed by atoms with Crippen molar-refractivity contribution in [3.63, 3.8) is 0 Å². The molecule has 0 radical (unpaired) electrons. The van der Waals surface area contributed by atoms with Crippen LogP contribution >= 0.6 is 0 Å². The standard InChI is InChI=1S/C8H13N3/c1-2-5-9-8-10-6-3-4-7-11-8/h1H,3-7H2,(H2,9,10,11). The first-order valence-corrected chi connectivity index (χ1v) is 3.89. The van der Waals surface area contributed by atoms with Crippen LogP contribution in [-0.2, 0) is 0 Å². The summed E-state index contributed by atoms with van der Waals surface area (Å²) in [6, 6.07) is 0. The van der Waals surface area contributed by atoms with Crippen molar-refractivity contribution >= 4 is 5.96 Å². The second kappa shape index (κ2) is 4.62. The van der Waals surface area contributed by atoms with Gasteiger partial charge in [-0.3, -0.25) is 4.99 Å². The molecule has 2 N–H and O–H groups in total. The maximum atomic E-state index is 5.09. The molecule has 1 heterocycles. The third-order valence-electron chi connectivity index (χ3n) is 1.51. The van der Waals surface area contributed by atoms with Gasteiger partial charge in [0.25, 0.3) is 0 Å². The average Bonchev–Trinajstić information content (AvgIpc) is 2.28. The molecular weight excluding hydrogens is 138 g/mol. The largest absolute Gasteiger partial charge is 0.356 e. The maximum Gasteiger partial charge on any atom is 0.192 e. The molecule has 3 heteroatoms. The minimum Gasteiger partial charge on any atom is -0.356 e. The molecule has 0 aromatic carbocycles. The predicted octanol–water partition coefficient (Wildman–Crippen LogP) is -0.0514. The van der Waals surface area contributed by atoms with Crippen molar-refractivity contribution < 1.29 is 0 Å². The summed E-state index contributed by atoms with van der Waals surface area (Å²) in [5.41, 5.74) is 0. The molecule has 0 aromatic heterocycles. The van der Waals surface area contributed by atoms with Gasteiger partial charge in [-0.15, -0.1) is 6.42 Å². The van der Waals surface area contributed by atoms with Gasteiger partial charge in [0.05, 0.1) is 6.54 Å². The lowest BCUT2D eigenvalue weighted by Crippen LogP contribution is -2.37. The highest BCUT2D eigenvalue weighted by molar-refractivity contribution is 5.80. The van der Waals surface area contributed by atoms with E-state index in [0.29, 0.717) is 6.54 Å². The zero-order valence-electron chi connectivity index (χ0n) is 6.56. The number of guanidine groups is 1. The van der Waals surface area contributed by atoms with Crippen LogP contribution < -0.4 is 10.6 Å². The molecule has 0 unspecified atom stereocenters. The number of hydrogen-bond acceptors (Lipinski definition) is 3.